The van der Waals surface area contributed by atoms with Crippen molar-refractivity contribution in [2.45, 2.75) is 70.8 Å². The van der Waals surface area contributed by atoms with E-state index < -0.39 is 5.92 Å². The zero-order chi connectivity index (χ0) is 33.2. The number of nitrogens with one attached hydrogen (secondary N) is 2. The van der Waals surface area contributed by atoms with Gasteiger partial charge in [0.05, 0.1) is 17.6 Å². The van der Waals surface area contributed by atoms with Crippen molar-refractivity contribution >= 4 is 34.4 Å². The molecule has 1 aromatic heterocycles. The highest BCUT2D eigenvalue weighted by Crippen LogP contribution is 2.33. The molecule has 0 spiro atoms. The number of piperidine rings is 3. The molecule has 3 saturated heterocycles. The molecule has 48 heavy (non-hydrogen) atoms. The van der Waals surface area contributed by atoms with E-state index in [0.29, 0.717) is 32.0 Å². The van der Waals surface area contributed by atoms with Gasteiger partial charge in [-0.1, -0.05) is 24.3 Å². The molecule has 1 unspecified atom stereocenters. The fraction of sp³-hybridized carbons (Fsp3) is 0.579. The lowest BCUT2D eigenvalue weighted by Crippen LogP contribution is -2.50. The van der Waals surface area contributed by atoms with Crippen LogP contribution in [0, 0.1) is 24.7 Å². The number of amides is 4. The summed E-state index contributed by atoms with van der Waals surface area (Å²) in [6.45, 7) is 7.74. The lowest BCUT2D eigenvalue weighted by atomic mass is 9.79. The molecule has 2 N–H and O–H groups in total. The molecule has 10 nitrogen and oxygen atoms in total. The van der Waals surface area contributed by atoms with Gasteiger partial charge >= 0.3 is 6.03 Å². The molecule has 3 fully saturated rings. The number of carbonyl (C=O) groups is 3. The SMILES string of the molecule is Cc1cc(CC(CC(=O)N2CCC(N3CCc4ccccc4NC3=O)CC2)C(=O)N2CCC(C3CCNCC3)CC2)cc2cnn(C)c12. The number of nitrogens with zero attached hydrogens (tertiary/aromatic N) is 5. The monoisotopic (exact) mass is 653 g/mol. The molecule has 4 amide bonds. The summed E-state index contributed by atoms with van der Waals surface area (Å²) in [5.74, 6) is 1.20. The van der Waals surface area contributed by atoms with Crippen LogP contribution in [0.15, 0.2) is 42.6 Å². The predicted molar refractivity (Wildman–Crippen MR) is 188 cm³/mol. The fourth-order valence-corrected chi connectivity index (χ4v) is 8.95. The third-order valence-corrected chi connectivity index (χ3v) is 11.6. The van der Waals surface area contributed by atoms with Gasteiger partial charge in [0.1, 0.15) is 0 Å². The van der Waals surface area contributed by atoms with Crippen LogP contribution >= 0.6 is 0 Å². The highest BCUT2D eigenvalue weighted by Gasteiger charge is 2.36. The van der Waals surface area contributed by atoms with E-state index in [1.807, 2.05) is 50.8 Å². The summed E-state index contributed by atoms with van der Waals surface area (Å²) in [6, 6.07) is 12.3. The third kappa shape index (κ3) is 6.95. The summed E-state index contributed by atoms with van der Waals surface area (Å²) in [6.07, 6.45) is 9.52. The van der Waals surface area contributed by atoms with Crippen molar-refractivity contribution < 1.29 is 14.4 Å². The maximum atomic E-state index is 14.3. The number of aromatic nitrogens is 2. The normalized spacial score (nSPS) is 20.8. The first kappa shape index (κ1) is 32.6. The van der Waals surface area contributed by atoms with Gasteiger partial charge < -0.3 is 25.3 Å². The number of urea groups is 1. The van der Waals surface area contributed by atoms with Gasteiger partial charge in [-0.05, 0) is 112 Å². The van der Waals surface area contributed by atoms with Gasteiger partial charge in [0.25, 0.3) is 0 Å². The second-order valence-electron chi connectivity index (χ2n) is 14.6. The zero-order valence-corrected chi connectivity index (χ0v) is 28.6. The molecular formula is C38H51N7O3. The second-order valence-corrected chi connectivity index (χ2v) is 14.6. The van der Waals surface area contributed by atoms with Gasteiger partial charge in [-0.3, -0.25) is 14.3 Å². The van der Waals surface area contributed by atoms with Gasteiger partial charge in [0.2, 0.25) is 11.8 Å². The largest absolute Gasteiger partial charge is 0.343 e. The average molecular weight is 654 g/mol. The standard InChI is InChI=1S/C38H51N7O3/c1-26-21-27(23-32-25-40-42(2)36(26)32)22-31(37(47)44-16-9-29(10-17-44)28-7-14-39-15-8-28)24-35(46)43-18-12-33(13-19-43)45-20-11-30-5-3-4-6-34(30)41-38(45)48/h3-6,21,23,25,28-29,31,33,39H,7-20,22,24H2,1-2H3,(H,41,48). The van der Waals surface area contributed by atoms with Crippen LogP contribution in [0.25, 0.3) is 10.9 Å². The maximum absolute atomic E-state index is 14.3. The van der Waals surface area contributed by atoms with Crippen molar-refractivity contribution in [1.82, 2.24) is 29.8 Å². The van der Waals surface area contributed by atoms with E-state index in [1.165, 1.54) is 12.8 Å². The number of para-hydroxylation sites is 1. The number of rotatable bonds is 7. The first-order valence-electron chi connectivity index (χ1n) is 18.2. The van der Waals surface area contributed by atoms with Crippen LogP contribution in [0.1, 0.15) is 61.6 Å². The number of benzene rings is 2. The molecule has 256 valence electrons. The molecule has 7 rings (SSSR count). The Morgan fingerprint density at radius 3 is 2.40 bits per heavy atom. The first-order valence-corrected chi connectivity index (χ1v) is 18.2. The minimum absolute atomic E-state index is 0.0447. The smallest absolute Gasteiger partial charge is 0.322 e. The van der Waals surface area contributed by atoms with Crippen LogP contribution in [0.5, 0.6) is 0 Å². The lowest BCUT2D eigenvalue weighted by molar-refractivity contribution is -0.143. The Hall–Kier alpha value is -3.92. The Kier molecular flexibility index (Phi) is 9.71. The van der Waals surface area contributed by atoms with Crippen molar-refractivity contribution in [3.05, 3.63) is 59.3 Å². The lowest BCUT2D eigenvalue weighted by Gasteiger charge is -2.40. The number of likely N-dealkylation sites (tertiary alicyclic amines) is 2. The van der Waals surface area contributed by atoms with Crippen molar-refractivity contribution in [1.29, 1.82) is 0 Å². The maximum Gasteiger partial charge on any atom is 0.322 e. The van der Waals surface area contributed by atoms with Crippen molar-refractivity contribution in [2.24, 2.45) is 24.8 Å². The number of hydrogen-bond donors (Lipinski definition) is 2. The molecule has 1 atom stereocenters. The van der Waals surface area contributed by atoms with Crippen LogP contribution in [0.2, 0.25) is 0 Å². The quantitative estimate of drug-likeness (QED) is 0.383. The molecule has 4 aliphatic rings. The van der Waals surface area contributed by atoms with E-state index in [0.717, 1.165) is 97.5 Å². The van der Waals surface area contributed by atoms with Crippen LogP contribution in [0.4, 0.5) is 10.5 Å². The van der Waals surface area contributed by atoms with Crippen LogP contribution < -0.4 is 10.6 Å². The van der Waals surface area contributed by atoms with Crippen molar-refractivity contribution in [3.8, 4) is 0 Å². The number of anilines is 1. The third-order valence-electron chi connectivity index (χ3n) is 11.6. The van der Waals surface area contributed by atoms with Crippen molar-refractivity contribution in [2.75, 3.05) is 51.1 Å². The number of aryl methyl sites for hydroxylation is 2. The summed E-state index contributed by atoms with van der Waals surface area (Å²) in [5, 5.41) is 12.1. The topological polar surface area (TPSA) is 103 Å². The van der Waals surface area contributed by atoms with Gasteiger partial charge in [-0.2, -0.15) is 5.10 Å². The highest BCUT2D eigenvalue weighted by molar-refractivity contribution is 5.91. The molecule has 3 aromatic rings. The Bertz CT molecular complexity index is 1630. The summed E-state index contributed by atoms with van der Waals surface area (Å²) < 4.78 is 1.89. The van der Waals surface area contributed by atoms with E-state index in [2.05, 4.69) is 40.9 Å². The molecule has 0 radical (unpaired) electrons. The predicted octanol–water partition coefficient (Wildman–Crippen LogP) is 4.75. The number of carbonyl (C=O) groups excluding carboxylic acids is 3. The van der Waals surface area contributed by atoms with E-state index in [4.69, 9.17) is 0 Å². The average Bonchev–Trinajstić information content (AvgIpc) is 3.40. The molecule has 0 bridgehead atoms. The first-order chi connectivity index (χ1) is 23.3. The van der Waals surface area contributed by atoms with Crippen molar-refractivity contribution in [3.63, 3.8) is 0 Å². The van der Waals surface area contributed by atoms with Crippen LogP contribution in [-0.2, 0) is 29.5 Å². The van der Waals surface area contributed by atoms with Gasteiger partial charge in [-0.15, -0.1) is 0 Å². The Balaban J connectivity index is 1.01. The Morgan fingerprint density at radius 2 is 1.62 bits per heavy atom. The Morgan fingerprint density at radius 1 is 0.917 bits per heavy atom. The van der Waals surface area contributed by atoms with E-state index in [1.54, 1.807) is 0 Å². The zero-order valence-electron chi connectivity index (χ0n) is 28.6. The Labute approximate surface area is 284 Å². The van der Waals surface area contributed by atoms with Crippen LogP contribution in [0.3, 0.4) is 0 Å². The molecule has 4 aliphatic heterocycles. The van der Waals surface area contributed by atoms with Gasteiger partial charge in [-0.25, -0.2) is 4.79 Å². The fourth-order valence-electron chi connectivity index (χ4n) is 8.95. The molecule has 2 aromatic carbocycles. The second kappa shape index (κ2) is 14.3. The molecule has 0 saturated carbocycles. The minimum Gasteiger partial charge on any atom is -0.343 e. The number of fused-ring (bicyclic) bond motifs is 2. The van der Waals surface area contributed by atoms with E-state index in [-0.39, 0.29) is 30.3 Å². The van der Waals surface area contributed by atoms with E-state index >= 15 is 0 Å². The molecule has 5 heterocycles. The summed E-state index contributed by atoms with van der Waals surface area (Å²) >= 11 is 0. The number of hydrogen-bond acceptors (Lipinski definition) is 5. The van der Waals surface area contributed by atoms with Gasteiger partial charge in [0, 0.05) is 63.3 Å². The van der Waals surface area contributed by atoms with E-state index in [9.17, 15) is 14.4 Å². The van der Waals surface area contributed by atoms with Crippen LogP contribution in [-0.4, -0.2) is 94.2 Å². The molecular weight excluding hydrogens is 602 g/mol. The highest BCUT2D eigenvalue weighted by atomic mass is 16.2. The summed E-state index contributed by atoms with van der Waals surface area (Å²) in [4.78, 5) is 47.2. The van der Waals surface area contributed by atoms with Gasteiger partial charge in [0.15, 0.2) is 0 Å². The molecule has 0 aliphatic carbocycles. The summed E-state index contributed by atoms with van der Waals surface area (Å²) in [7, 11) is 1.95. The summed E-state index contributed by atoms with van der Waals surface area (Å²) in [5.41, 5.74) is 5.36. The molecule has 10 heteroatoms. The minimum atomic E-state index is -0.408.